The van der Waals surface area contributed by atoms with E-state index in [1.165, 1.54) is 6.39 Å². The van der Waals surface area contributed by atoms with Crippen LogP contribution in [0.2, 0.25) is 0 Å². The van der Waals surface area contributed by atoms with Crippen molar-refractivity contribution < 1.29 is 9.32 Å². The number of rotatable bonds is 5. The molecule has 0 aliphatic carbocycles. The number of amides is 1. The Morgan fingerprint density at radius 1 is 1.47 bits per heavy atom. The van der Waals surface area contributed by atoms with Crippen molar-refractivity contribution in [3.63, 3.8) is 0 Å². The van der Waals surface area contributed by atoms with Crippen molar-refractivity contribution in [2.75, 3.05) is 12.0 Å². The number of nitrogens with one attached hydrogen (secondary N) is 2. The smallest absolute Gasteiger partial charge is 0.253 e. The molecule has 1 heterocycles. The molecule has 0 spiro atoms. The molecule has 0 unspecified atom stereocenters. The number of carbonyl (C=O) groups excluding carboxylic acids is 1. The van der Waals surface area contributed by atoms with Gasteiger partial charge in [0.2, 0.25) is 6.39 Å². The maximum atomic E-state index is 12.0. The molecule has 2 rings (SSSR count). The summed E-state index contributed by atoms with van der Waals surface area (Å²) in [5.41, 5.74) is 4.64. The second kappa shape index (κ2) is 5.96. The second-order valence-electron chi connectivity index (χ2n) is 4.05. The van der Waals surface area contributed by atoms with Gasteiger partial charge in [0, 0.05) is 13.0 Å². The minimum atomic E-state index is -0.198. The largest absolute Gasteiger partial charge is 0.352 e. The van der Waals surface area contributed by atoms with E-state index in [2.05, 4.69) is 25.4 Å². The second-order valence-corrected chi connectivity index (χ2v) is 4.05. The van der Waals surface area contributed by atoms with Gasteiger partial charge in [0.1, 0.15) is 0 Å². The zero-order valence-corrected chi connectivity index (χ0v) is 10.5. The number of hydrogen-bond donors (Lipinski definition) is 3. The van der Waals surface area contributed by atoms with Crippen molar-refractivity contribution in [3.05, 3.63) is 41.5 Å². The molecule has 100 valence electrons. The van der Waals surface area contributed by atoms with E-state index in [1.54, 1.807) is 6.07 Å². The summed E-state index contributed by atoms with van der Waals surface area (Å²) in [6.07, 6.45) is 1.77. The van der Waals surface area contributed by atoms with Gasteiger partial charge in [0.25, 0.3) is 5.91 Å². The summed E-state index contributed by atoms with van der Waals surface area (Å²) in [7, 11) is 0. The minimum Gasteiger partial charge on any atom is -0.352 e. The van der Waals surface area contributed by atoms with Gasteiger partial charge in [0.15, 0.2) is 5.82 Å². The summed E-state index contributed by atoms with van der Waals surface area (Å²) in [5, 5.41) is 6.44. The molecule has 0 radical (unpaired) electrons. The first-order chi connectivity index (χ1) is 9.20. The molecule has 0 saturated carbocycles. The van der Waals surface area contributed by atoms with Gasteiger partial charge in [-0.25, -0.2) is 0 Å². The van der Waals surface area contributed by atoms with Crippen LogP contribution in [0.25, 0.3) is 0 Å². The Kier molecular flexibility index (Phi) is 4.09. The third kappa shape index (κ3) is 3.29. The van der Waals surface area contributed by atoms with Gasteiger partial charge in [-0.05, 0) is 24.6 Å². The molecule has 4 N–H and O–H groups in total. The molecule has 19 heavy (non-hydrogen) atoms. The summed E-state index contributed by atoms with van der Waals surface area (Å²) in [5.74, 6) is 5.76. The maximum absolute atomic E-state index is 12.0. The molecule has 0 saturated heterocycles. The highest BCUT2D eigenvalue weighted by Gasteiger charge is 2.10. The molecule has 7 nitrogen and oxygen atoms in total. The normalized spacial score (nSPS) is 10.2. The lowest BCUT2D eigenvalue weighted by atomic mass is 10.1. The van der Waals surface area contributed by atoms with E-state index in [0.29, 0.717) is 30.0 Å². The van der Waals surface area contributed by atoms with E-state index in [-0.39, 0.29) is 5.91 Å². The number of benzene rings is 1. The first kappa shape index (κ1) is 13.0. The number of aromatic nitrogens is 2. The maximum Gasteiger partial charge on any atom is 0.253 e. The first-order valence-electron chi connectivity index (χ1n) is 5.81. The van der Waals surface area contributed by atoms with Crippen LogP contribution < -0.4 is 16.6 Å². The van der Waals surface area contributed by atoms with Gasteiger partial charge in [0.05, 0.1) is 11.3 Å². The average molecular weight is 261 g/mol. The lowest BCUT2D eigenvalue weighted by Crippen LogP contribution is -2.27. The third-order valence-electron chi connectivity index (χ3n) is 2.62. The quantitative estimate of drug-likeness (QED) is 0.538. The number of hydrazine groups is 1. The Hall–Kier alpha value is -2.41. The molecular weight excluding hydrogens is 246 g/mol. The van der Waals surface area contributed by atoms with E-state index in [1.807, 2.05) is 19.1 Å². The van der Waals surface area contributed by atoms with Gasteiger partial charge in [-0.15, -0.1) is 0 Å². The van der Waals surface area contributed by atoms with Crippen LogP contribution in [0, 0.1) is 6.92 Å². The molecule has 1 amide bonds. The lowest BCUT2D eigenvalue weighted by molar-refractivity contribution is 0.0954. The highest BCUT2D eigenvalue weighted by Crippen LogP contribution is 2.16. The molecule has 0 bridgehead atoms. The lowest BCUT2D eigenvalue weighted by Gasteiger charge is -2.09. The molecule has 0 aliphatic rings. The Balaban J connectivity index is 1.96. The van der Waals surface area contributed by atoms with Gasteiger partial charge < -0.3 is 15.3 Å². The van der Waals surface area contributed by atoms with Gasteiger partial charge in [-0.2, -0.15) is 4.98 Å². The van der Waals surface area contributed by atoms with Crippen molar-refractivity contribution in [3.8, 4) is 0 Å². The first-order valence-corrected chi connectivity index (χ1v) is 5.81. The summed E-state index contributed by atoms with van der Waals surface area (Å²) in [6.45, 7) is 2.36. The molecule has 7 heteroatoms. The van der Waals surface area contributed by atoms with Crippen molar-refractivity contribution in [2.24, 2.45) is 5.84 Å². The van der Waals surface area contributed by atoms with Crippen molar-refractivity contribution in [1.29, 1.82) is 0 Å². The molecule has 2 aromatic rings. The van der Waals surface area contributed by atoms with Crippen LogP contribution in [0.4, 0.5) is 5.69 Å². The fraction of sp³-hybridized carbons (Fsp3) is 0.250. The zero-order chi connectivity index (χ0) is 13.7. The topological polar surface area (TPSA) is 106 Å². The average Bonchev–Trinajstić information content (AvgIpc) is 2.91. The van der Waals surface area contributed by atoms with Crippen LogP contribution in [0.1, 0.15) is 21.7 Å². The zero-order valence-electron chi connectivity index (χ0n) is 10.5. The van der Waals surface area contributed by atoms with Gasteiger partial charge >= 0.3 is 0 Å². The number of anilines is 1. The Bertz CT molecular complexity index is 553. The van der Waals surface area contributed by atoms with Crippen molar-refractivity contribution in [2.45, 2.75) is 13.3 Å². The molecule has 0 atom stereocenters. The summed E-state index contributed by atoms with van der Waals surface area (Å²) in [6, 6.07) is 5.40. The SMILES string of the molecule is Cc1ccc(C(=O)NCCc2ncon2)c(NN)c1. The van der Waals surface area contributed by atoms with Crippen LogP contribution in [-0.2, 0) is 6.42 Å². The fourth-order valence-electron chi connectivity index (χ4n) is 1.66. The summed E-state index contributed by atoms with van der Waals surface area (Å²) >= 11 is 0. The number of nitrogen functional groups attached to an aromatic ring is 1. The number of aryl methyl sites for hydroxylation is 1. The Morgan fingerprint density at radius 3 is 3.00 bits per heavy atom. The number of nitrogens with zero attached hydrogens (tertiary/aromatic N) is 2. The molecule has 0 aliphatic heterocycles. The van der Waals surface area contributed by atoms with E-state index in [0.717, 1.165) is 5.56 Å². The van der Waals surface area contributed by atoms with E-state index >= 15 is 0 Å². The molecule has 1 aromatic heterocycles. The van der Waals surface area contributed by atoms with Crippen LogP contribution >= 0.6 is 0 Å². The van der Waals surface area contributed by atoms with Crippen molar-refractivity contribution in [1.82, 2.24) is 15.5 Å². The van der Waals surface area contributed by atoms with Crippen LogP contribution in [0.5, 0.6) is 0 Å². The van der Waals surface area contributed by atoms with Crippen LogP contribution in [0.3, 0.4) is 0 Å². The number of nitrogens with two attached hydrogens (primary N) is 1. The standard InChI is InChI=1S/C12H15N5O2/c1-8-2-3-9(10(6-8)16-13)12(18)14-5-4-11-15-7-19-17-11/h2-3,6-7,16H,4-5,13H2,1H3,(H,14,18). The number of hydrogen-bond acceptors (Lipinski definition) is 6. The van der Waals surface area contributed by atoms with Gasteiger partial charge in [-0.1, -0.05) is 11.2 Å². The molecule has 0 fully saturated rings. The molecular formula is C12H15N5O2. The third-order valence-corrected chi connectivity index (χ3v) is 2.62. The van der Waals surface area contributed by atoms with Gasteiger partial charge in [-0.3, -0.25) is 10.6 Å². The fourth-order valence-corrected chi connectivity index (χ4v) is 1.66. The monoisotopic (exact) mass is 261 g/mol. The number of carbonyl (C=O) groups is 1. The van der Waals surface area contributed by atoms with Crippen molar-refractivity contribution >= 4 is 11.6 Å². The minimum absolute atomic E-state index is 0.198. The Morgan fingerprint density at radius 2 is 2.32 bits per heavy atom. The van der Waals surface area contributed by atoms with E-state index < -0.39 is 0 Å². The van der Waals surface area contributed by atoms with E-state index in [9.17, 15) is 4.79 Å². The molecule has 1 aromatic carbocycles. The Labute approximate surface area is 110 Å². The highest BCUT2D eigenvalue weighted by atomic mass is 16.5. The summed E-state index contributed by atoms with van der Waals surface area (Å²) in [4.78, 5) is 15.9. The highest BCUT2D eigenvalue weighted by molar-refractivity contribution is 5.99. The van der Waals surface area contributed by atoms with Crippen LogP contribution in [-0.4, -0.2) is 22.6 Å². The summed E-state index contributed by atoms with van der Waals surface area (Å²) < 4.78 is 4.61. The predicted octanol–water partition coefficient (Wildman–Crippen LogP) is 0.636. The van der Waals surface area contributed by atoms with E-state index in [4.69, 9.17) is 5.84 Å². The predicted molar refractivity (Wildman–Crippen MR) is 69.3 cm³/mol. The van der Waals surface area contributed by atoms with Crippen LogP contribution in [0.15, 0.2) is 29.1 Å².